The Kier molecular flexibility index (Phi) is 8.45. The van der Waals surface area contributed by atoms with Crippen LogP contribution in [0.25, 0.3) is 0 Å². The number of rotatable bonds is 7. The summed E-state index contributed by atoms with van der Waals surface area (Å²) in [4.78, 5) is 15.4. The maximum Gasteiger partial charge on any atom is 0.237 e. The number of thioether (sulfide) groups is 1. The van der Waals surface area contributed by atoms with Crippen molar-refractivity contribution in [2.24, 2.45) is 17.6 Å². The maximum atomic E-state index is 13.3. The van der Waals surface area contributed by atoms with E-state index in [9.17, 15) is 20.1 Å². The molecule has 0 aromatic heterocycles. The van der Waals surface area contributed by atoms with Gasteiger partial charge in [0.05, 0.1) is 12.1 Å². The minimum Gasteiger partial charge on any atom is -0.388 e. The number of carbonyl (C=O) groups excluding carboxylic acids is 1. The number of aliphatic hydroxyl groups is 3. The van der Waals surface area contributed by atoms with E-state index in [-0.39, 0.29) is 23.9 Å². The molecule has 1 amide bonds. The molecule has 3 fully saturated rings. The first-order chi connectivity index (χ1) is 14.3. The van der Waals surface area contributed by atoms with Crippen molar-refractivity contribution >= 4 is 17.7 Å². The molecule has 6 N–H and O–H groups in total. The first-order valence-electron chi connectivity index (χ1n) is 11.3. The number of likely N-dealkylation sites (tertiary alicyclic amines) is 1. The Hall–Kier alpha value is -0.420. The summed E-state index contributed by atoms with van der Waals surface area (Å²) in [6.45, 7) is 3.07. The lowest BCUT2D eigenvalue weighted by molar-refractivity contribution is -0.209. The molecule has 30 heavy (non-hydrogen) atoms. The van der Waals surface area contributed by atoms with Crippen LogP contribution in [0, 0.1) is 11.8 Å². The van der Waals surface area contributed by atoms with Crippen LogP contribution in [0.4, 0.5) is 0 Å². The van der Waals surface area contributed by atoms with E-state index >= 15 is 0 Å². The molecule has 0 aromatic rings. The average molecular weight is 446 g/mol. The molecular formula is C21H39N3O5S. The van der Waals surface area contributed by atoms with E-state index < -0.39 is 35.9 Å². The normalized spacial score (nSPS) is 43.6. The Morgan fingerprint density at radius 1 is 1.27 bits per heavy atom. The van der Waals surface area contributed by atoms with Crippen LogP contribution < -0.4 is 11.1 Å². The fraction of sp³-hybridized carbons (Fsp3) is 0.952. The van der Waals surface area contributed by atoms with Crippen molar-refractivity contribution in [2.45, 2.75) is 93.4 Å². The van der Waals surface area contributed by atoms with E-state index in [1.807, 2.05) is 7.05 Å². The van der Waals surface area contributed by atoms with Crippen LogP contribution in [0.3, 0.4) is 0 Å². The highest BCUT2D eigenvalue weighted by atomic mass is 32.2. The lowest BCUT2D eigenvalue weighted by Gasteiger charge is -2.45. The maximum absolute atomic E-state index is 13.3. The Labute approximate surface area is 183 Å². The Morgan fingerprint density at radius 2 is 2.00 bits per heavy atom. The first-order valence-corrected chi connectivity index (χ1v) is 12.6. The van der Waals surface area contributed by atoms with E-state index in [1.165, 1.54) is 11.8 Å². The SMILES string of the molecule is CCC[C@@H]1C[C@@H](C(=O)N[C@@H](C2OC(SC)C(O)C(O)C2O)[C@@H]2CCCC2N)N(C)C1. The summed E-state index contributed by atoms with van der Waals surface area (Å²) in [5.41, 5.74) is 5.69. The number of nitrogens with zero attached hydrogens (tertiary/aromatic N) is 1. The van der Waals surface area contributed by atoms with Crippen LogP contribution in [0.1, 0.15) is 45.4 Å². The van der Waals surface area contributed by atoms with Gasteiger partial charge in [-0.1, -0.05) is 19.8 Å². The Bertz CT molecular complexity index is 583. The molecule has 1 saturated carbocycles. The molecule has 9 heteroatoms. The van der Waals surface area contributed by atoms with Gasteiger partial charge in [0.2, 0.25) is 5.91 Å². The van der Waals surface area contributed by atoms with Gasteiger partial charge in [-0.3, -0.25) is 9.69 Å². The topological polar surface area (TPSA) is 128 Å². The fourth-order valence-electron chi connectivity index (χ4n) is 5.55. The largest absolute Gasteiger partial charge is 0.388 e. The van der Waals surface area contributed by atoms with Crippen molar-refractivity contribution in [1.82, 2.24) is 10.2 Å². The van der Waals surface area contributed by atoms with Crippen LogP contribution in [-0.2, 0) is 9.53 Å². The smallest absolute Gasteiger partial charge is 0.237 e. The molecular weight excluding hydrogens is 406 g/mol. The third-order valence-electron chi connectivity index (χ3n) is 7.22. The molecule has 0 spiro atoms. The number of likely N-dealkylation sites (N-methyl/N-ethyl adjacent to an activating group) is 1. The molecule has 0 bridgehead atoms. The van der Waals surface area contributed by atoms with Crippen LogP contribution in [-0.4, -0.2) is 94.0 Å². The van der Waals surface area contributed by atoms with Crippen molar-refractivity contribution in [3.8, 4) is 0 Å². The van der Waals surface area contributed by atoms with Crippen LogP contribution in [0.2, 0.25) is 0 Å². The van der Waals surface area contributed by atoms with E-state index in [2.05, 4.69) is 17.1 Å². The third-order valence-corrected chi connectivity index (χ3v) is 8.08. The predicted octanol–water partition coefficient (Wildman–Crippen LogP) is -0.110. The van der Waals surface area contributed by atoms with Crippen molar-refractivity contribution in [2.75, 3.05) is 19.8 Å². The minimum absolute atomic E-state index is 0.0447. The van der Waals surface area contributed by atoms with E-state index in [4.69, 9.17) is 10.5 Å². The van der Waals surface area contributed by atoms with Crippen molar-refractivity contribution in [1.29, 1.82) is 0 Å². The monoisotopic (exact) mass is 445 g/mol. The van der Waals surface area contributed by atoms with Gasteiger partial charge in [-0.05, 0) is 50.8 Å². The molecule has 2 aliphatic heterocycles. The number of nitrogens with two attached hydrogens (primary N) is 1. The highest BCUT2D eigenvalue weighted by Crippen LogP contribution is 2.36. The van der Waals surface area contributed by atoms with Crippen LogP contribution in [0.15, 0.2) is 0 Å². The Balaban J connectivity index is 1.78. The number of hydrogen-bond donors (Lipinski definition) is 5. The molecule has 2 heterocycles. The van der Waals surface area contributed by atoms with Gasteiger partial charge in [0.15, 0.2) is 0 Å². The van der Waals surface area contributed by atoms with Gasteiger partial charge < -0.3 is 31.1 Å². The minimum atomic E-state index is -1.33. The zero-order valence-corrected chi connectivity index (χ0v) is 19.1. The number of aliphatic hydroxyl groups excluding tert-OH is 3. The first kappa shape index (κ1) is 24.2. The lowest BCUT2D eigenvalue weighted by Crippen LogP contribution is -2.66. The molecule has 8 nitrogen and oxygen atoms in total. The number of carbonyl (C=O) groups is 1. The summed E-state index contributed by atoms with van der Waals surface area (Å²) in [6, 6.07) is -0.827. The summed E-state index contributed by atoms with van der Waals surface area (Å²) in [5, 5.41) is 34.5. The lowest BCUT2D eigenvalue weighted by atomic mass is 9.84. The van der Waals surface area contributed by atoms with Gasteiger partial charge >= 0.3 is 0 Å². The number of nitrogens with one attached hydrogen (secondary N) is 1. The second-order valence-corrected chi connectivity index (χ2v) is 10.3. The average Bonchev–Trinajstić information content (AvgIpc) is 3.30. The van der Waals surface area contributed by atoms with Gasteiger partial charge in [-0.15, -0.1) is 11.8 Å². The van der Waals surface area contributed by atoms with Gasteiger partial charge in [0.1, 0.15) is 29.9 Å². The predicted molar refractivity (Wildman–Crippen MR) is 117 cm³/mol. The highest BCUT2D eigenvalue weighted by Gasteiger charge is 2.50. The molecule has 2 saturated heterocycles. The summed E-state index contributed by atoms with van der Waals surface area (Å²) >= 11 is 1.28. The van der Waals surface area contributed by atoms with E-state index in [0.717, 1.165) is 45.1 Å². The number of hydrogen-bond acceptors (Lipinski definition) is 8. The third kappa shape index (κ3) is 4.98. The van der Waals surface area contributed by atoms with Gasteiger partial charge in [-0.25, -0.2) is 0 Å². The fourth-order valence-corrected chi connectivity index (χ4v) is 6.23. The second-order valence-electron chi connectivity index (χ2n) is 9.32. The number of amides is 1. The molecule has 6 unspecified atom stereocenters. The van der Waals surface area contributed by atoms with Crippen LogP contribution in [0.5, 0.6) is 0 Å². The second kappa shape index (κ2) is 10.5. The molecule has 0 aromatic carbocycles. The van der Waals surface area contributed by atoms with Crippen molar-refractivity contribution < 1.29 is 24.9 Å². The quantitative estimate of drug-likeness (QED) is 0.367. The van der Waals surface area contributed by atoms with Gasteiger partial charge in [0.25, 0.3) is 0 Å². The summed E-state index contributed by atoms with van der Waals surface area (Å²) < 4.78 is 6.02. The van der Waals surface area contributed by atoms with Gasteiger partial charge in [0, 0.05) is 12.6 Å². The van der Waals surface area contributed by atoms with Crippen LogP contribution >= 0.6 is 11.8 Å². The standard InChI is InChI=1S/C21H39N3O5S/c1-4-6-11-9-14(24(2)10-11)20(28)23-15(12-7-5-8-13(12)22)19-17(26)16(25)18(27)21(29-19)30-3/h11-19,21,25-27H,4-10,22H2,1-3H3,(H,23,28)/t11-,12-,13?,14+,15-,16?,17?,18?,19?,21?/m1/s1. The van der Waals surface area contributed by atoms with Crippen molar-refractivity contribution in [3.05, 3.63) is 0 Å². The van der Waals surface area contributed by atoms with E-state index in [1.54, 1.807) is 6.26 Å². The number of ether oxygens (including phenoxy) is 1. The van der Waals surface area contributed by atoms with E-state index in [0.29, 0.717) is 5.92 Å². The van der Waals surface area contributed by atoms with Gasteiger partial charge in [-0.2, -0.15) is 0 Å². The molecule has 174 valence electrons. The summed E-state index contributed by atoms with van der Waals surface area (Å²) in [5.74, 6) is 0.395. The molecule has 3 aliphatic rings. The molecule has 10 atom stereocenters. The molecule has 1 aliphatic carbocycles. The highest BCUT2D eigenvalue weighted by molar-refractivity contribution is 7.99. The molecule has 3 rings (SSSR count). The van der Waals surface area contributed by atoms with Crippen molar-refractivity contribution in [3.63, 3.8) is 0 Å². The summed E-state index contributed by atoms with van der Waals surface area (Å²) in [7, 11) is 1.98. The summed E-state index contributed by atoms with van der Waals surface area (Å²) in [6.07, 6.45) is 2.83. The Morgan fingerprint density at radius 3 is 2.60 bits per heavy atom. The zero-order valence-electron chi connectivity index (χ0n) is 18.3. The molecule has 0 radical (unpaired) electrons. The zero-order chi connectivity index (χ0) is 22.0.